The highest BCUT2D eigenvalue weighted by Crippen LogP contribution is 2.43. The summed E-state index contributed by atoms with van der Waals surface area (Å²) in [5.74, 6) is 1.14. The number of rotatable bonds is 10. The van der Waals surface area contributed by atoms with Crippen LogP contribution < -0.4 is 20.7 Å². The van der Waals surface area contributed by atoms with E-state index in [4.69, 9.17) is 27.9 Å². The normalized spacial score (nSPS) is 15.9. The average Bonchev–Trinajstić information content (AvgIpc) is 3.33. The maximum absolute atomic E-state index is 14.4. The molecule has 0 bridgehead atoms. The molecule has 342 valence electrons. The Morgan fingerprint density at radius 1 is 0.477 bits per heavy atom. The Kier molecular flexibility index (Phi) is 18.9. The number of methoxy groups -OCH3 is 1. The van der Waals surface area contributed by atoms with E-state index in [2.05, 4.69) is 16.0 Å². The molecule has 6 aromatic carbocycles. The summed E-state index contributed by atoms with van der Waals surface area (Å²) in [4.78, 5) is 5.94. The van der Waals surface area contributed by atoms with Gasteiger partial charge in [-0.15, -0.1) is 0 Å². The minimum absolute atomic E-state index is 0.0783. The van der Waals surface area contributed by atoms with E-state index in [9.17, 15) is 17.6 Å². The van der Waals surface area contributed by atoms with Crippen LogP contribution in [-0.2, 0) is 0 Å². The van der Waals surface area contributed by atoms with Gasteiger partial charge in [0, 0.05) is 40.5 Å². The van der Waals surface area contributed by atoms with E-state index in [0.29, 0.717) is 21.9 Å². The van der Waals surface area contributed by atoms with Crippen LogP contribution in [0, 0.1) is 23.3 Å². The molecular weight excluding hydrogens is 926 g/mol. The van der Waals surface area contributed by atoms with E-state index in [0.717, 1.165) is 130 Å². The smallest absolute Gasteiger partial charge is 0.127 e. The molecule has 3 heterocycles. The summed E-state index contributed by atoms with van der Waals surface area (Å²) < 4.78 is 60.6. The van der Waals surface area contributed by atoms with Crippen molar-refractivity contribution in [2.24, 2.45) is 0 Å². The fourth-order valence-electron chi connectivity index (χ4n) is 8.37. The first-order valence-electron chi connectivity index (χ1n) is 22.0. The molecule has 4 nitrogen and oxygen atoms in total. The Morgan fingerprint density at radius 3 is 1.43 bits per heavy atom. The van der Waals surface area contributed by atoms with Crippen LogP contribution in [-0.4, -0.2) is 46.4 Å². The van der Waals surface area contributed by atoms with E-state index >= 15 is 0 Å². The third-order valence-corrected chi connectivity index (χ3v) is 16.0. The largest absolute Gasteiger partial charge is 0.497 e. The minimum Gasteiger partial charge on any atom is -0.497 e. The number of ether oxygens (including phenoxy) is 1. The van der Waals surface area contributed by atoms with Crippen molar-refractivity contribution in [2.75, 3.05) is 46.4 Å². The van der Waals surface area contributed by atoms with Crippen LogP contribution in [0.5, 0.6) is 5.75 Å². The van der Waals surface area contributed by atoms with Crippen molar-refractivity contribution in [1.29, 1.82) is 0 Å². The summed E-state index contributed by atoms with van der Waals surface area (Å²) in [6.07, 6.45) is 5.96. The van der Waals surface area contributed by atoms with Gasteiger partial charge in [0.1, 0.15) is 29.0 Å². The van der Waals surface area contributed by atoms with Gasteiger partial charge < -0.3 is 20.7 Å². The predicted octanol–water partition coefficient (Wildman–Crippen LogP) is 14.8. The summed E-state index contributed by atoms with van der Waals surface area (Å²) in [6.45, 7) is 5.74. The molecule has 0 aromatic heterocycles. The first-order valence-corrected chi connectivity index (χ1v) is 25.2. The Balaban J connectivity index is 0.000000145. The molecule has 0 amide bonds. The van der Waals surface area contributed by atoms with E-state index in [1.165, 1.54) is 36.0 Å². The van der Waals surface area contributed by atoms with Gasteiger partial charge in [0.25, 0.3) is 0 Å². The van der Waals surface area contributed by atoms with E-state index in [1.807, 2.05) is 54.6 Å². The number of hydrogen-bond acceptors (Lipinski definition) is 7. The van der Waals surface area contributed by atoms with Crippen molar-refractivity contribution in [3.8, 4) is 5.75 Å². The van der Waals surface area contributed by atoms with Gasteiger partial charge in [-0.1, -0.05) is 76.7 Å². The van der Waals surface area contributed by atoms with Crippen LogP contribution in [0.25, 0.3) is 0 Å². The predicted molar refractivity (Wildman–Crippen MR) is 262 cm³/mol. The Morgan fingerprint density at radius 2 is 0.923 bits per heavy atom. The zero-order chi connectivity index (χ0) is 45.5. The summed E-state index contributed by atoms with van der Waals surface area (Å²) in [5.41, 5.74) is 2.76. The molecule has 13 heteroatoms. The van der Waals surface area contributed by atoms with Crippen molar-refractivity contribution in [3.05, 3.63) is 171 Å². The van der Waals surface area contributed by atoms with Gasteiger partial charge in [-0.05, 0) is 204 Å². The third-order valence-electron chi connectivity index (χ3n) is 11.7. The van der Waals surface area contributed by atoms with Crippen LogP contribution in [0.3, 0.4) is 0 Å². The van der Waals surface area contributed by atoms with E-state index < -0.39 is 0 Å². The molecule has 3 N–H and O–H groups in total. The maximum Gasteiger partial charge on any atom is 0.127 e. The van der Waals surface area contributed by atoms with E-state index in [1.54, 1.807) is 73.1 Å². The van der Waals surface area contributed by atoms with Gasteiger partial charge in [-0.2, -0.15) is 0 Å². The number of benzene rings is 6. The number of nitrogens with one attached hydrogen (secondary N) is 3. The van der Waals surface area contributed by atoms with Crippen LogP contribution in [0.15, 0.2) is 151 Å². The lowest BCUT2D eigenvalue weighted by Gasteiger charge is -2.25. The molecule has 3 aliphatic rings. The highest BCUT2D eigenvalue weighted by molar-refractivity contribution is 8.00. The monoisotopic (exact) mass is 977 g/mol. The van der Waals surface area contributed by atoms with Crippen molar-refractivity contribution < 1.29 is 22.3 Å². The summed E-state index contributed by atoms with van der Waals surface area (Å²) in [7, 11) is 1.66. The van der Waals surface area contributed by atoms with Gasteiger partial charge >= 0.3 is 0 Å². The van der Waals surface area contributed by atoms with Crippen molar-refractivity contribution >= 4 is 58.5 Å². The van der Waals surface area contributed by atoms with Crippen LogP contribution in [0.2, 0.25) is 10.0 Å². The fourth-order valence-corrected chi connectivity index (χ4v) is 12.0. The van der Waals surface area contributed by atoms with Gasteiger partial charge in [0.05, 0.1) is 17.2 Å². The maximum atomic E-state index is 14.4. The molecule has 0 atom stereocenters. The van der Waals surface area contributed by atoms with Gasteiger partial charge in [0.2, 0.25) is 0 Å². The second-order valence-corrected chi connectivity index (χ2v) is 20.1. The first-order chi connectivity index (χ1) is 31.7. The van der Waals surface area contributed by atoms with Crippen molar-refractivity contribution in [2.45, 2.75) is 85.7 Å². The minimum atomic E-state index is -0.253. The zero-order valence-corrected chi connectivity index (χ0v) is 40.1. The first kappa shape index (κ1) is 49.3. The number of piperidine rings is 3. The molecule has 3 saturated heterocycles. The summed E-state index contributed by atoms with van der Waals surface area (Å²) in [6, 6.07) is 35.5. The fraction of sp³-hybridized carbons (Fsp3) is 0.308. The lowest BCUT2D eigenvalue weighted by molar-refractivity contribution is 0.414. The molecule has 0 spiro atoms. The van der Waals surface area contributed by atoms with Gasteiger partial charge in [0.15, 0.2) is 0 Å². The van der Waals surface area contributed by atoms with Crippen molar-refractivity contribution in [3.63, 3.8) is 0 Å². The second kappa shape index (κ2) is 24.9. The second-order valence-electron chi connectivity index (χ2n) is 16.0. The lowest BCUT2D eigenvalue weighted by Crippen LogP contribution is -2.27. The molecule has 65 heavy (non-hydrogen) atoms. The van der Waals surface area contributed by atoms with Crippen LogP contribution in [0.4, 0.5) is 17.6 Å². The lowest BCUT2D eigenvalue weighted by atomic mass is 9.90. The van der Waals surface area contributed by atoms with Gasteiger partial charge in [-0.25, -0.2) is 17.6 Å². The Bertz CT molecular complexity index is 2450. The molecule has 6 aromatic rings. The number of halogens is 6. The highest BCUT2D eigenvalue weighted by Gasteiger charge is 2.24. The average molecular weight is 979 g/mol. The Hall–Kier alpha value is -3.65. The Labute approximate surface area is 403 Å². The molecule has 9 rings (SSSR count). The molecule has 0 unspecified atom stereocenters. The quantitative estimate of drug-likeness (QED) is 0.118. The molecule has 0 aliphatic carbocycles. The molecule has 3 aliphatic heterocycles. The third kappa shape index (κ3) is 14.0. The summed E-state index contributed by atoms with van der Waals surface area (Å²) in [5, 5.41) is 11.1. The topological polar surface area (TPSA) is 45.3 Å². The van der Waals surface area contributed by atoms with Crippen LogP contribution >= 0.6 is 58.5 Å². The van der Waals surface area contributed by atoms with Crippen molar-refractivity contribution in [1.82, 2.24) is 16.0 Å². The van der Waals surface area contributed by atoms with Crippen LogP contribution in [0.1, 0.15) is 73.0 Å². The molecular formula is C52H53Cl2F4N3OS3. The number of hydrogen-bond donors (Lipinski definition) is 3. The summed E-state index contributed by atoms with van der Waals surface area (Å²) >= 11 is 17.0. The molecule has 3 fully saturated rings. The highest BCUT2D eigenvalue weighted by atomic mass is 35.5. The standard InChI is InChI=1S/C18H20FNOS.C17H16Cl2FNS.C17H17F2NS/c1-21-14-5-7-15(8-6-14)22-17-4-2-3-16(19)18(17)13-9-11-20-12-10-13;18-14-2-1-3-16(17(14)19)22-15-5-4-12(20)10-13(15)11-6-8-21-9-7-11;18-13-4-6-14(7-5-13)21-16-3-1-2-15(19)17(16)12-8-10-20-11-9-12/h2-8,13,20H,9-12H2,1H3;1-5,10-11,21H,6-9H2;1-7,12,20H,8-11H2. The zero-order valence-electron chi connectivity index (χ0n) is 36.2. The molecule has 0 saturated carbocycles. The van der Waals surface area contributed by atoms with Gasteiger partial charge in [-0.3, -0.25) is 0 Å². The van der Waals surface area contributed by atoms with E-state index in [-0.39, 0.29) is 29.2 Å². The molecule has 0 radical (unpaired) electrons. The SMILES string of the molecule is COc1ccc(Sc2cccc(F)c2C2CCNCC2)cc1.Fc1ccc(Sc2cccc(Cl)c2Cl)c(C2CCNCC2)c1.Fc1ccc(Sc2cccc(F)c2C2CCNCC2)cc1.